The minimum atomic E-state index is -0.723. The van der Waals surface area contributed by atoms with E-state index in [4.69, 9.17) is 9.47 Å². The molecule has 0 aliphatic heterocycles. The Labute approximate surface area is 175 Å². The molecule has 0 radical (unpaired) electrons. The first kappa shape index (κ1) is 19.5. The van der Waals surface area contributed by atoms with Crippen LogP contribution in [0.15, 0.2) is 60.1 Å². The van der Waals surface area contributed by atoms with Gasteiger partial charge in [-0.1, -0.05) is 24.3 Å². The van der Waals surface area contributed by atoms with Crippen LogP contribution in [0, 0.1) is 0 Å². The molecule has 2 heterocycles. The summed E-state index contributed by atoms with van der Waals surface area (Å²) in [7, 11) is 1.59. The maximum absolute atomic E-state index is 12.2. The van der Waals surface area contributed by atoms with Crippen molar-refractivity contribution in [2.45, 2.75) is 0 Å². The van der Waals surface area contributed by atoms with E-state index < -0.39 is 18.5 Å². The van der Waals surface area contributed by atoms with Crippen LogP contribution in [0.5, 0.6) is 5.75 Å². The van der Waals surface area contributed by atoms with Gasteiger partial charge in [0, 0.05) is 10.9 Å². The zero-order valence-electron chi connectivity index (χ0n) is 15.9. The van der Waals surface area contributed by atoms with Gasteiger partial charge in [-0.2, -0.15) is 0 Å². The van der Waals surface area contributed by atoms with Crippen LogP contribution in [0.3, 0.4) is 0 Å². The molecule has 2 aromatic heterocycles. The molecule has 0 spiro atoms. The van der Waals surface area contributed by atoms with Crippen molar-refractivity contribution in [3.05, 3.63) is 65.8 Å². The first-order chi connectivity index (χ1) is 14.6. The third kappa shape index (κ3) is 4.41. The number of methoxy groups -OCH3 is 1. The molecule has 1 amide bonds. The van der Waals surface area contributed by atoms with Crippen LogP contribution in [0.4, 0.5) is 5.13 Å². The van der Waals surface area contributed by atoms with Crippen molar-refractivity contribution in [1.82, 2.24) is 15.0 Å². The molecule has 4 aromatic rings. The Hall–Kier alpha value is -3.85. The number of carbonyl (C=O) groups is 2. The van der Waals surface area contributed by atoms with Crippen LogP contribution in [-0.2, 0) is 9.53 Å². The third-order valence-electron chi connectivity index (χ3n) is 4.11. The summed E-state index contributed by atoms with van der Waals surface area (Å²) >= 11 is 1.27. The van der Waals surface area contributed by atoms with Crippen LogP contribution >= 0.6 is 11.3 Å². The van der Waals surface area contributed by atoms with Gasteiger partial charge >= 0.3 is 5.97 Å². The zero-order chi connectivity index (χ0) is 20.9. The van der Waals surface area contributed by atoms with E-state index in [2.05, 4.69) is 20.3 Å². The normalized spacial score (nSPS) is 10.6. The summed E-state index contributed by atoms with van der Waals surface area (Å²) in [6.07, 6.45) is 1.32. The van der Waals surface area contributed by atoms with E-state index in [1.807, 2.05) is 35.7 Å². The summed E-state index contributed by atoms with van der Waals surface area (Å²) in [5, 5.41) is 4.84. The van der Waals surface area contributed by atoms with Gasteiger partial charge in [0.1, 0.15) is 5.75 Å². The molecule has 0 atom stereocenters. The monoisotopic (exact) mass is 420 g/mol. The van der Waals surface area contributed by atoms with Gasteiger partial charge in [-0.25, -0.2) is 14.8 Å². The number of aromatic nitrogens is 3. The lowest BCUT2D eigenvalue weighted by Gasteiger charge is -2.05. The molecule has 4 rings (SSSR count). The zero-order valence-corrected chi connectivity index (χ0v) is 16.7. The Morgan fingerprint density at radius 2 is 1.90 bits per heavy atom. The quantitative estimate of drug-likeness (QED) is 0.476. The highest BCUT2D eigenvalue weighted by Gasteiger charge is 2.14. The molecule has 0 aliphatic rings. The average Bonchev–Trinajstić information content (AvgIpc) is 3.25. The molecule has 8 nitrogen and oxygen atoms in total. The number of nitrogens with zero attached hydrogens (tertiary/aromatic N) is 3. The summed E-state index contributed by atoms with van der Waals surface area (Å²) in [5.74, 6) is -0.502. The third-order valence-corrected chi connectivity index (χ3v) is 4.87. The van der Waals surface area contributed by atoms with Crippen molar-refractivity contribution in [2.75, 3.05) is 19.0 Å². The number of para-hydroxylation sites is 2. The fourth-order valence-corrected chi connectivity index (χ4v) is 3.40. The lowest BCUT2D eigenvalue weighted by molar-refractivity contribution is -0.119. The second-order valence-corrected chi connectivity index (χ2v) is 7.00. The van der Waals surface area contributed by atoms with E-state index in [-0.39, 0.29) is 5.69 Å². The molecular weight excluding hydrogens is 404 g/mol. The number of fused-ring (bicyclic) bond motifs is 1. The van der Waals surface area contributed by atoms with Crippen LogP contribution in [0.1, 0.15) is 10.5 Å². The number of anilines is 1. The highest BCUT2D eigenvalue weighted by Crippen LogP contribution is 2.27. The van der Waals surface area contributed by atoms with Crippen LogP contribution in [0.2, 0.25) is 0 Å². The summed E-state index contributed by atoms with van der Waals surface area (Å²) in [5.41, 5.74) is 2.85. The van der Waals surface area contributed by atoms with E-state index in [0.717, 1.165) is 11.3 Å². The van der Waals surface area contributed by atoms with Gasteiger partial charge in [-0.05, 0) is 24.3 Å². The van der Waals surface area contributed by atoms with Gasteiger partial charge in [0.15, 0.2) is 17.4 Å². The SMILES string of the molecule is COc1cccc(-c2csc(NC(=O)COC(=O)c3cnc4ccccc4n3)n2)c1. The fraction of sp³-hybridized carbons (Fsp3) is 0.0952. The molecule has 150 valence electrons. The number of hydrogen-bond acceptors (Lipinski definition) is 8. The number of esters is 1. The van der Waals surface area contributed by atoms with E-state index in [1.54, 1.807) is 25.3 Å². The Balaban J connectivity index is 1.35. The second-order valence-electron chi connectivity index (χ2n) is 6.14. The van der Waals surface area contributed by atoms with Gasteiger partial charge in [0.25, 0.3) is 5.91 Å². The molecule has 0 aliphatic carbocycles. The number of carbonyl (C=O) groups excluding carboxylic acids is 2. The highest BCUT2D eigenvalue weighted by atomic mass is 32.1. The molecular formula is C21H16N4O4S. The average molecular weight is 420 g/mol. The Bertz CT molecular complexity index is 1220. The Morgan fingerprint density at radius 1 is 1.07 bits per heavy atom. The van der Waals surface area contributed by atoms with Gasteiger partial charge in [-0.3, -0.25) is 15.1 Å². The van der Waals surface area contributed by atoms with Crippen molar-refractivity contribution >= 4 is 39.4 Å². The van der Waals surface area contributed by atoms with E-state index in [1.165, 1.54) is 17.5 Å². The number of rotatable bonds is 6. The topological polar surface area (TPSA) is 103 Å². The first-order valence-electron chi connectivity index (χ1n) is 8.91. The van der Waals surface area contributed by atoms with Crippen LogP contribution < -0.4 is 10.1 Å². The second kappa shape index (κ2) is 8.66. The van der Waals surface area contributed by atoms with Gasteiger partial charge in [0.05, 0.1) is 30.0 Å². The van der Waals surface area contributed by atoms with E-state index in [0.29, 0.717) is 21.9 Å². The first-order valence-corrected chi connectivity index (χ1v) is 9.79. The standard InChI is InChI=1S/C21H16N4O4S/c1-28-14-6-4-5-13(9-14)18-12-30-21(24-18)25-19(26)11-29-20(27)17-10-22-15-7-2-3-8-16(15)23-17/h2-10,12H,11H2,1H3,(H,24,25,26). The van der Waals surface area contributed by atoms with Crippen molar-refractivity contribution in [2.24, 2.45) is 0 Å². The predicted molar refractivity (Wildman–Crippen MR) is 113 cm³/mol. The molecule has 0 unspecified atom stereocenters. The number of benzene rings is 2. The fourth-order valence-electron chi connectivity index (χ4n) is 2.66. The molecule has 0 saturated carbocycles. The number of amides is 1. The van der Waals surface area contributed by atoms with Gasteiger partial charge < -0.3 is 9.47 Å². The minimum Gasteiger partial charge on any atom is -0.497 e. The lowest BCUT2D eigenvalue weighted by atomic mass is 10.2. The van der Waals surface area contributed by atoms with Crippen LogP contribution in [0.25, 0.3) is 22.3 Å². The maximum atomic E-state index is 12.2. The van der Waals surface area contributed by atoms with Crippen molar-refractivity contribution in [3.8, 4) is 17.0 Å². The van der Waals surface area contributed by atoms with Crippen molar-refractivity contribution in [3.63, 3.8) is 0 Å². The summed E-state index contributed by atoms with van der Waals surface area (Å²) < 4.78 is 10.2. The molecule has 0 saturated heterocycles. The van der Waals surface area contributed by atoms with Crippen LogP contribution in [-0.4, -0.2) is 40.5 Å². The largest absolute Gasteiger partial charge is 0.497 e. The summed E-state index contributed by atoms with van der Waals surface area (Å²) in [6, 6.07) is 14.6. The summed E-state index contributed by atoms with van der Waals surface area (Å²) in [6.45, 7) is -0.457. The Kier molecular flexibility index (Phi) is 5.62. The van der Waals surface area contributed by atoms with Crippen molar-refractivity contribution < 1.29 is 19.1 Å². The smallest absolute Gasteiger partial charge is 0.359 e. The van der Waals surface area contributed by atoms with Crippen molar-refractivity contribution in [1.29, 1.82) is 0 Å². The number of thiazole rings is 1. The van der Waals surface area contributed by atoms with Gasteiger partial charge in [0.2, 0.25) is 0 Å². The predicted octanol–water partition coefficient (Wildman–Crippen LogP) is 3.56. The molecule has 30 heavy (non-hydrogen) atoms. The summed E-state index contributed by atoms with van der Waals surface area (Å²) in [4.78, 5) is 37.0. The molecule has 0 bridgehead atoms. The minimum absolute atomic E-state index is 0.0380. The molecule has 1 N–H and O–H groups in total. The molecule has 9 heteroatoms. The van der Waals surface area contributed by atoms with Gasteiger partial charge in [-0.15, -0.1) is 11.3 Å². The lowest BCUT2D eigenvalue weighted by Crippen LogP contribution is -2.21. The van der Waals surface area contributed by atoms with E-state index >= 15 is 0 Å². The maximum Gasteiger partial charge on any atom is 0.359 e. The number of ether oxygens (including phenoxy) is 2. The Morgan fingerprint density at radius 3 is 2.73 bits per heavy atom. The highest BCUT2D eigenvalue weighted by molar-refractivity contribution is 7.14. The van der Waals surface area contributed by atoms with E-state index in [9.17, 15) is 9.59 Å². The number of hydrogen-bond donors (Lipinski definition) is 1. The number of nitrogens with one attached hydrogen (secondary N) is 1. The molecule has 0 fully saturated rings. The molecule has 2 aromatic carbocycles.